The van der Waals surface area contributed by atoms with Gasteiger partial charge in [0.1, 0.15) is 11.5 Å². The van der Waals surface area contributed by atoms with E-state index in [9.17, 15) is 4.79 Å². The summed E-state index contributed by atoms with van der Waals surface area (Å²) >= 11 is 1.35. The SMILES string of the molecule is COc1ccc(/C=C2\SC(N3N=C(c4ccc5ccccc5c4)C[C@@H]3c3ccc(OC)cc3)=NC2=O)cc1. The summed E-state index contributed by atoms with van der Waals surface area (Å²) in [6, 6.07) is 30.2. The quantitative estimate of drug-likeness (QED) is 0.275. The van der Waals surface area contributed by atoms with Crippen LogP contribution in [-0.4, -0.2) is 36.0 Å². The Morgan fingerprint density at radius 1 is 0.868 bits per heavy atom. The summed E-state index contributed by atoms with van der Waals surface area (Å²) in [5.41, 5.74) is 4.01. The molecular formula is C31H25N3O3S. The third-order valence-corrected chi connectivity index (χ3v) is 7.69. The van der Waals surface area contributed by atoms with Crippen molar-refractivity contribution in [2.75, 3.05) is 14.2 Å². The number of amidine groups is 1. The number of thioether (sulfide) groups is 1. The number of carbonyl (C=O) groups excluding carboxylic acids is 1. The van der Waals surface area contributed by atoms with Crippen LogP contribution in [0.3, 0.4) is 0 Å². The molecule has 0 aromatic heterocycles. The Morgan fingerprint density at radius 3 is 2.26 bits per heavy atom. The highest BCUT2D eigenvalue weighted by molar-refractivity contribution is 8.18. The van der Waals surface area contributed by atoms with Crippen molar-refractivity contribution in [2.45, 2.75) is 12.5 Å². The summed E-state index contributed by atoms with van der Waals surface area (Å²) < 4.78 is 10.6. The first kappa shape index (κ1) is 24.0. The fourth-order valence-corrected chi connectivity index (χ4v) is 5.58. The molecule has 0 N–H and O–H groups in total. The van der Waals surface area contributed by atoms with Gasteiger partial charge in [0.25, 0.3) is 5.91 Å². The van der Waals surface area contributed by atoms with E-state index < -0.39 is 0 Å². The number of aliphatic imine (C=N–C) groups is 1. The zero-order valence-corrected chi connectivity index (χ0v) is 21.8. The Bertz CT molecular complexity index is 1610. The number of amides is 1. The van der Waals surface area contributed by atoms with Crippen LogP contribution < -0.4 is 9.47 Å². The third-order valence-electron chi connectivity index (χ3n) is 6.71. The van der Waals surface area contributed by atoms with Gasteiger partial charge in [0.05, 0.1) is 30.9 Å². The summed E-state index contributed by atoms with van der Waals surface area (Å²) in [4.78, 5) is 17.9. The van der Waals surface area contributed by atoms with E-state index in [4.69, 9.17) is 14.6 Å². The highest BCUT2D eigenvalue weighted by atomic mass is 32.2. The van der Waals surface area contributed by atoms with Gasteiger partial charge in [0.2, 0.25) is 0 Å². The van der Waals surface area contributed by atoms with Crippen molar-refractivity contribution in [1.82, 2.24) is 5.01 Å². The van der Waals surface area contributed by atoms with Crippen LogP contribution in [0.4, 0.5) is 0 Å². The van der Waals surface area contributed by atoms with E-state index >= 15 is 0 Å². The topological polar surface area (TPSA) is 63.5 Å². The average molecular weight is 520 g/mol. The van der Waals surface area contributed by atoms with Crippen LogP contribution in [0.5, 0.6) is 11.5 Å². The number of hydrogen-bond acceptors (Lipinski definition) is 6. The minimum absolute atomic E-state index is 0.0956. The number of methoxy groups -OCH3 is 2. The van der Waals surface area contributed by atoms with Crippen molar-refractivity contribution in [3.8, 4) is 11.5 Å². The lowest BCUT2D eigenvalue weighted by Gasteiger charge is -2.22. The molecule has 0 radical (unpaired) electrons. The molecule has 188 valence electrons. The Morgan fingerprint density at radius 2 is 1.55 bits per heavy atom. The average Bonchev–Trinajstić information content (AvgIpc) is 3.57. The van der Waals surface area contributed by atoms with E-state index in [-0.39, 0.29) is 11.9 Å². The molecule has 2 aliphatic rings. The van der Waals surface area contributed by atoms with E-state index in [1.165, 1.54) is 22.5 Å². The van der Waals surface area contributed by atoms with Gasteiger partial charge in [-0.15, -0.1) is 0 Å². The van der Waals surface area contributed by atoms with Gasteiger partial charge in [-0.3, -0.25) is 4.79 Å². The van der Waals surface area contributed by atoms with Gasteiger partial charge in [-0.05, 0) is 75.6 Å². The number of fused-ring (bicyclic) bond motifs is 1. The molecule has 0 bridgehead atoms. The van der Waals surface area contributed by atoms with Crippen LogP contribution in [0.25, 0.3) is 16.8 Å². The fraction of sp³-hybridized carbons (Fsp3) is 0.129. The lowest BCUT2D eigenvalue weighted by Crippen LogP contribution is -2.23. The van der Waals surface area contributed by atoms with Gasteiger partial charge in [-0.25, -0.2) is 5.01 Å². The predicted molar refractivity (Wildman–Crippen MR) is 154 cm³/mol. The minimum atomic E-state index is -0.261. The maximum Gasteiger partial charge on any atom is 0.286 e. The second-order valence-electron chi connectivity index (χ2n) is 9.03. The first-order valence-electron chi connectivity index (χ1n) is 12.3. The maximum atomic E-state index is 12.9. The molecule has 1 amide bonds. The van der Waals surface area contributed by atoms with Gasteiger partial charge >= 0.3 is 0 Å². The summed E-state index contributed by atoms with van der Waals surface area (Å²) in [5, 5.41) is 9.84. The minimum Gasteiger partial charge on any atom is -0.497 e. The van der Waals surface area contributed by atoms with Crippen LogP contribution in [0.2, 0.25) is 0 Å². The number of rotatable bonds is 5. The van der Waals surface area contributed by atoms with Gasteiger partial charge in [0.15, 0.2) is 5.17 Å². The molecule has 0 aliphatic carbocycles. The Hall–Kier alpha value is -4.36. The van der Waals surface area contributed by atoms with Gasteiger partial charge in [0, 0.05) is 6.42 Å². The van der Waals surface area contributed by atoms with E-state index in [0.717, 1.165) is 33.9 Å². The molecule has 2 heterocycles. The van der Waals surface area contributed by atoms with E-state index in [1.54, 1.807) is 14.2 Å². The van der Waals surface area contributed by atoms with Crippen molar-refractivity contribution in [3.05, 3.63) is 113 Å². The van der Waals surface area contributed by atoms with Crippen LogP contribution in [0.15, 0.2) is 106 Å². The third kappa shape index (κ3) is 4.68. The number of hydrazone groups is 1. The molecule has 38 heavy (non-hydrogen) atoms. The van der Waals surface area contributed by atoms with Crippen molar-refractivity contribution in [3.63, 3.8) is 0 Å². The molecule has 4 aromatic carbocycles. The van der Waals surface area contributed by atoms with Crippen LogP contribution in [0, 0.1) is 0 Å². The molecule has 2 aliphatic heterocycles. The number of hydrogen-bond donors (Lipinski definition) is 0. The Kier molecular flexibility index (Phi) is 6.43. The fourth-order valence-electron chi connectivity index (χ4n) is 4.66. The van der Waals surface area contributed by atoms with Crippen molar-refractivity contribution >= 4 is 45.4 Å². The van der Waals surface area contributed by atoms with Crippen molar-refractivity contribution in [1.29, 1.82) is 0 Å². The van der Waals surface area contributed by atoms with Gasteiger partial charge in [-0.2, -0.15) is 10.1 Å². The van der Waals surface area contributed by atoms with Crippen LogP contribution in [-0.2, 0) is 4.79 Å². The highest BCUT2D eigenvalue weighted by Gasteiger charge is 2.36. The molecule has 1 atom stereocenters. The lowest BCUT2D eigenvalue weighted by molar-refractivity contribution is -0.113. The normalized spacial score (nSPS) is 18.2. The van der Waals surface area contributed by atoms with Gasteiger partial charge in [-0.1, -0.05) is 60.7 Å². The first-order valence-corrected chi connectivity index (χ1v) is 13.1. The zero-order chi connectivity index (χ0) is 26.1. The molecule has 7 heteroatoms. The standard InChI is InChI=1S/C31H25N3O3S/c1-36-25-13-7-20(8-14-25)17-29-30(35)32-31(38-29)34-28(22-11-15-26(37-2)16-12-22)19-27(33-34)24-10-9-21-5-3-4-6-23(21)18-24/h3-18,28H,19H2,1-2H3/b29-17-/t28-/m1/s1. The molecule has 6 nitrogen and oxygen atoms in total. The van der Waals surface area contributed by atoms with E-state index in [2.05, 4.69) is 35.3 Å². The predicted octanol–water partition coefficient (Wildman–Crippen LogP) is 6.68. The largest absolute Gasteiger partial charge is 0.497 e. The number of benzene rings is 4. The monoisotopic (exact) mass is 519 g/mol. The second kappa shape index (κ2) is 10.2. The number of nitrogens with zero attached hydrogens (tertiary/aromatic N) is 3. The van der Waals surface area contributed by atoms with Gasteiger partial charge < -0.3 is 9.47 Å². The molecule has 4 aromatic rings. The van der Waals surface area contributed by atoms with Crippen molar-refractivity contribution < 1.29 is 14.3 Å². The summed E-state index contributed by atoms with van der Waals surface area (Å²) in [7, 11) is 3.29. The van der Waals surface area contributed by atoms with E-state index in [1.807, 2.05) is 71.7 Å². The lowest BCUT2D eigenvalue weighted by atomic mass is 9.97. The zero-order valence-electron chi connectivity index (χ0n) is 21.0. The number of carbonyl (C=O) groups is 1. The molecule has 0 spiro atoms. The van der Waals surface area contributed by atoms with Crippen molar-refractivity contribution in [2.24, 2.45) is 10.1 Å². The molecule has 0 saturated heterocycles. The molecule has 0 fully saturated rings. The summed E-state index contributed by atoms with van der Waals surface area (Å²) in [6.45, 7) is 0. The first-order chi connectivity index (χ1) is 18.6. The van der Waals surface area contributed by atoms with E-state index in [0.29, 0.717) is 16.5 Å². The Balaban J connectivity index is 1.34. The summed E-state index contributed by atoms with van der Waals surface area (Å²) in [5.74, 6) is 1.30. The molecular weight excluding hydrogens is 494 g/mol. The molecule has 0 saturated carbocycles. The maximum absolute atomic E-state index is 12.9. The highest BCUT2D eigenvalue weighted by Crippen LogP contribution is 2.40. The summed E-state index contributed by atoms with van der Waals surface area (Å²) in [6.07, 6.45) is 2.55. The van der Waals surface area contributed by atoms with Crippen LogP contribution in [0.1, 0.15) is 29.2 Å². The second-order valence-corrected chi connectivity index (χ2v) is 10.0. The smallest absolute Gasteiger partial charge is 0.286 e. The number of ether oxygens (including phenoxy) is 2. The molecule has 0 unspecified atom stereocenters. The Labute approximate surface area is 225 Å². The molecule has 6 rings (SSSR count). The van der Waals surface area contributed by atoms with Crippen LogP contribution >= 0.6 is 11.8 Å².